The number of carboxylic acids is 1. The number of fused-ring (bicyclic) bond motifs is 1. The molecule has 3 nitrogen and oxygen atoms in total. The smallest absolute Gasteiger partial charge is 0.310 e. The van der Waals surface area contributed by atoms with E-state index in [1.165, 1.54) is 0 Å². The summed E-state index contributed by atoms with van der Waals surface area (Å²) < 4.78 is 2.16. The summed E-state index contributed by atoms with van der Waals surface area (Å²) in [5.74, 6) is -1.25. The Morgan fingerprint density at radius 1 is 1.24 bits per heavy atom. The second-order valence-corrected chi connectivity index (χ2v) is 4.66. The first-order chi connectivity index (χ1) is 8.02. The van der Waals surface area contributed by atoms with Crippen LogP contribution in [0.5, 0.6) is 0 Å². The van der Waals surface area contributed by atoms with Gasteiger partial charge in [0.25, 0.3) is 0 Å². The Balaban J connectivity index is 2.63. The fourth-order valence-corrected chi connectivity index (χ4v) is 2.17. The third-order valence-electron chi connectivity index (χ3n) is 3.19. The first-order valence-corrected chi connectivity index (χ1v) is 5.84. The quantitative estimate of drug-likeness (QED) is 0.879. The van der Waals surface area contributed by atoms with E-state index in [1.807, 2.05) is 30.5 Å². The largest absolute Gasteiger partial charge is 0.481 e. The van der Waals surface area contributed by atoms with Crippen molar-refractivity contribution in [3.8, 4) is 0 Å². The van der Waals surface area contributed by atoms with Crippen molar-refractivity contribution in [1.29, 1.82) is 0 Å². The molecule has 0 saturated heterocycles. The summed E-state index contributed by atoms with van der Waals surface area (Å²) in [6.45, 7) is 5.96. The lowest BCUT2D eigenvalue weighted by Gasteiger charge is -2.12. The first kappa shape index (κ1) is 11.7. The lowest BCUT2D eigenvalue weighted by molar-refractivity contribution is -0.138. The molecule has 0 aliphatic rings. The van der Waals surface area contributed by atoms with Crippen molar-refractivity contribution < 1.29 is 9.90 Å². The lowest BCUT2D eigenvalue weighted by atomic mass is 9.98. The Bertz CT molecular complexity index is 554. The Morgan fingerprint density at radius 3 is 2.53 bits per heavy atom. The minimum Gasteiger partial charge on any atom is -0.481 e. The summed E-state index contributed by atoms with van der Waals surface area (Å²) in [7, 11) is 0. The zero-order valence-electron chi connectivity index (χ0n) is 10.3. The summed E-state index contributed by atoms with van der Waals surface area (Å²) in [6.07, 6.45) is 2.02. The number of hydrogen-bond acceptors (Lipinski definition) is 1. The topological polar surface area (TPSA) is 42.2 Å². The SMILES string of the molecule is CC(C(=O)O)c1cccc2c1ccn2C(C)C. The summed E-state index contributed by atoms with van der Waals surface area (Å²) >= 11 is 0. The summed E-state index contributed by atoms with van der Waals surface area (Å²) in [5.41, 5.74) is 1.99. The van der Waals surface area contributed by atoms with Crippen LogP contribution in [0.1, 0.15) is 38.3 Å². The maximum atomic E-state index is 11.1. The first-order valence-electron chi connectivity index (χ1n) is 5.84. The van der Waals surface area contributed by atoms with E-state index in [9.17, 15) is 4.79 Å². The molecule has 90 valence electrons. The minimum atomic E-state index is -0.783. The van der Waals surface area contributed by atoms with Gasteiger partial charge < -0.3 is 9.67 Å². The van der Waals surface area contributed by atoms with Gasteiger partial charge in [0.2, 0.25) is 0 Å². The number of carbonyl (C=O) groups is 1. The van der Waals surface area contributed by atoms with Crippen LogP contribution < -0.4 is 0 Å². The van der Waals surface area contributed by atoms with E-state index < -0.39 is 11.9 Å². The number of aromatic nitrogens is 1. The highest BCUT2D eigenvalue weighted by Crippen LogP contribution is 2.28. The van der Waals surface area contributed by atoms with Crippen molar-refractivity contribution in [3.63, 3.8) is 0 Å². The average Bonchev–Trinajstić information content (AvgIpc) is 2.71. The molecule has 1 aromatic heterocycles. The third kappa shape index (κ3) is 1.93. The molecule has 3 heteroatoms. The molecular weight excluding hydrogens is 214 g/mol. The Labute approximate surface area is 101 Å². The Hall–Kier alpha value is -1.77. The molecule has 0 aliphatic carbocycles. The maximum Gasteiger partial charge on any atom is 0.310 e. The van der Waals surface area contributed by atoms with Crippen molar-refractivity contribution in [2.24, 2.45) is 0 Å². The van der Waals surface area contributed by atoms with Crippen molar-refractivity contribution >= 4 is 16.9 Å². The maximum absolute atomic E-state index is 11.1. The number of hydrogen-bond donors (Lipinski definition) is 1. The molecule has 0 amide bonds. The molecule has 1 aromatic carbocycles. The Kier molecular flexibility index (Phi) is 2.92. The average molecular weight is 231 g/mol. The molecule has 0 saturated carbocycles. The number of carboxylic acid groups (broad SMARTS) is 1. The standard InChI is InChI=1S/C14H17NO2/c1-9(2)15-8-7-12-11(10(3)14(16)17)5-4-6-13(12)15/h4-10H,1-3H3,(H,16,17). The van der Waals surface area contributed by atoms with E-state index in [0.717, 1.165) is 16.5 Å². The summed E-state index contributed by atoms with van der Waals surface area (Å²) in [6, 6.07) is 8.24. The molecule has 0 aliphatic heterocycles. The van der Waals surface area contributed by atoms with Crippen molar-refractivity contribution in [3.05, 3.63) is 36.0 Å². The number of aliphatic carboxylic acids is 1. The molecule has 1 atom stereocenters. The molecule has 17 heavy (non-hydrogen) atoms. The van der Waals surface area contributed by atoms with E-state index in [2.05, 4.69) is 18.4 Å². The predicted octanol–water partition coefficient (Wildman–Crippen LogP) is 3.41. The molecule has 0 fully saturated rings. The highest BCUT2D eigenvalue weighted by Gasteiger charge is 2.17. The van der Waals surface area contributed by atoms with Gasteiger partial charge in [-0.2, -0.15) is 0 Å². The van der Waals surface area contributed by atoms with Crippen LogP contribution in [-0.2, 0) is 4.79 Å². The third-order valence-corrected chi connectivity index (χ3v) is 3.19. The molecular formula is C14H17NO2. The van der Waals surface area contributed by atoms with E-state index in [-0.39, 0.29) is 0 Å². The van der Waals surface area contributed by atoms with Gasteiger partial charge in [-0.05, 0) is 38.5 Å². The highest BCUT2D eigenvalue weighted by atomic mass is 16.4. The molecule has 1 unspecified atom stereocenters. The van der Waals surface area contributed by atoms with Crippen molar-refractivity contribution in [1.82, 2.24) is 4.57 Å². The van der Waals surface area contributed by atoms with Gasteiger partial charge in [0.1, 0.15) is 0 Å². The lowest BCUT2D eigenvalue weighted by Crippen LogP contribution is -2.07. The zero-order chi connectivity index (χ0) is 12.6. The molecule has 0 radical (unpaired) electrons. The second kappa shape index (κ2) is 4.24. The molecule has 2 aromatic rings. The van der Waals surface area contributed by atoms with Gasteiger partial charge >= 0.3 is 5.97 Å². The van der Waals surface area contributed by atoms with Crippen LogP contribution in [0.2, 0.25) is 0 Å². The predicted molar refractivity (Wildman–Crippen MR) is 68.4 cm³/mol. The van der Waals surface area contributed by atoms with E-state index >= 15 is 0 Å². The van der Waals surface area contributed by atoms with E-state index in [0.29, 0.717) is 6.04 Å². The van der Waals surface area contributed by atoms with Gasteiger partial charge in [-0.25, -0.2) is 0 Å². The minimum absolute atomic E-state index is 0.378. The van der Waals surface area contributed by atoms with Gasteiger partial charge in [-0.15, -0.1) is 0 Å². The van der Waals surface area contributed by atoms with Gasteiger partial charge in [-0.1, -0.05) is 12.1 Å². The fourth-order valence-electron chi connectivity index (χ4n) is 2.17. The van der Waals surface area contributed by atoms with Gasteiger partial charge in [-0.3, -0.25) is 4.79 Å². The number of rotatable bonds is 3. The van der Waals surface area contributed by atoms with E-state index in [1.54, 1.807) is 6.92 Å². The second-order valence-electron chi connectivity index (χ2n) is 4.66. The monoisotopic (exact) mass is 231 g/mol. The molecule has 1 heterocycles. The molecule has 0 spiro atoms. The fraction of sp³-hybridized carbons (Fsp3) is 0.357. The van der Waals surface area contributed by atoms with Crippen LogP contribution in [0, 0.1) is 0 Å². The van der Waals surface area contributed by atoms with Crippen molar-refractivity contribution in [2.75, 3.05) is 0 Å². The number of benzene rings is 1. The number of nitrogens with zero attached hydrogens (tertiary/aromatic N) is 1. The Morgan fingerprint density at radius 2 is 1.94 bits per heavy atom. The summed E-state index contributed by atoms with van der Waals surface area (Å²) in [5, 5.41) is 10.1. The van der Waals surface area contributed by atoms with Crippen LogP contribution in [0.4, 0.5) is 0 Å². The normalized spacial score (nSPS) is 13.2. The molecule has 0 bridgehead atoms. The van der Waals surface area contributed by atoms with Gasteiger partial charge in [0.15, 0.2) is 0 Å². The van der Waals surface area contributed by atoms with E-state index in [4.69, 9.17) is 5.11 Å². The van der Waals surface area contributed by atoms with Crippen LogP contribution in [0.15, 0.2) is 30.5 Å². The molecule has 2 rings (SSSR count). The van der Waals surface area contributed by atoms with Crippen LogP contribution >= 0.6 is 0 Å². The van der Waals surface area contributed by atoms with Crippen LogP contribution in [0.25, 0.3) is 10.9 Å². The molecule has 1 N–H and O–H groups in total. The summed E-state index contributed by atoms with van der Waals surface area (Å²) in [4.78, 5) is 11.1. The van der Waals surface area contributed by atoms with Gasteiger partial charge in [0, 0.05) is 23.1 Å². The highest BCUT2D eigenvalue weighted by molar-refractivity contribution is 5.89. The van der Waals surface area contributed by atoms with Gasteiger partial charge in [0.05, 0.1) is 5.92 Å². The zero-order valence-corrected chi connectivity index (χ0v) is 10.3. The van der Waals surface area contributed by atoms with Crippen LogP contribution in [-0.4, -0.2) is 15.6 Å². The van der Waals surface area contributed by atoms with Crippen molar-refractivity contribution in [2.45, 2.75) is 32.7 Å². The van der Waals surface area contributed by atoms with Crippen LogP contribution in [0.3, 0.4) is 0 Å².